The minimum Gasteiger partial charge on any atom is -0.347 e. The van der Waals surface area contributed by atoms with Crippen LogP contribution < -0.4 is 4.90 Å². The predicted octanol–water partition coefficient (Wildman–Crippen LogP) is 3.47. The molecule has 0 saturated carbocycles. The highest BCUT2D eigenvalue weighted by molar-refractivity contribution is 7.18. The fourth-order valence-electron chi connectivity index (χ4n) is 2.61. The summed E-state index contributed by atoms with van der Waals surface area (Å²) < 4.78 is 38.9. The van der Waals surface area contributed by atoms with Gasteiger partial charge in [0.2, 0.25) is 0 Å². The van der Waals surface area contributed by atoms with Crippen molar-refractivity contribution in [1.29, 1.82) is 0 Å². The van der Waals surface area contributed by atoms with Crippen LogP contribution in [0.2, 0.25) is 0 Å². The highest BCUT2D eigenvalue weighted by Crippen LogP contribution is 2.46. The molecular formula is C11H14F3N3O2S. The van der Waals surface area contributed by atoms with Crippen molar-refractivity contribution in [1.82, 2.24) is 4.98 Å². The summed E-state index contributed by atoms with van der Waals surface area (Å²) in [5, 5.41) is 10.9. The van der Waals surface area contributed by atoms with E-state index in [0.717, 1.165) is 17.5 Å². The van der Waals surface area contributed by atoms with E-state index in [1.165, 1.54) is 0 Å². The molecule has 5 nitrogen and oxygen atoms in total. The number of halogens is 3. The highest BCUT2D eigenvalue weighted by Gasteiger charge is 2.51. The van der Waals surface area contributed by atoms with Crippen molar-refractivity contribution in [2.24, 2.45) is 11.3 Å². The highest BCUT2D eigenvalue weighted by atomic mass is 32.1. The van der Waals surface area contributed by atoms with Crippen LogP contribution >= 0.6 is 11.3 Å². The molecule has 1 fully saturated rings. The average Bonchev–Trinajstić information content (AvgIpc) is 2.74. The summed E-state index contributed by atoms with van der Waals surface area (Å²) in [6.45, 7) is 3.53. The molecule has 9 heteroatoms. The Balaban J connectivity index is 2.16. The zero-order valence-corrected chi connectivity index (χ0v) is 11.8. The van der Waals surface area contributed by atoms with Gasteiger partial charge in [-0.3, -0.25) is 10.1 Å². The third-order valence-electron chi connectivity index (χ3n) is 3.56. The molecule has 0 bridgehead atoms. The van der Waals surface area contributed by atoms with Crippen molar-refractivity contribution in [2.75, 3.05) is 18.0 Å². The molecule has 1 aliphatic heterocycles. The number of aromatic nitrogens is 1. The van der Waals surface area contributed by atoms with E-state index in [-0.39, 0.29) is 24.5 Å². The van der Waals surface area contributed by atoms with Crippen molar-refractivity contribution in [3.8, 4) is 0 Å². The van der Waals surface area contributed by atoms with Crippen molar-refractivity contribution < 1.29 is 18.1 Å². The number of piperidine rings is 1. The predicted molar refractivity (Wildman–Crippen MR) is 68.9 cm³/mol. The van der Waals surface area contributed by atoms with E-state index in [4.69, 9.17) is 0 Å². The number of anilines is 1. The van der Waals surface area contributed by atoms with E-state index in [2.05, 4.69) is 4.98 Å². The van der Waals surface area contributed by atoms with E-state index >= 15 is 0 Å². The number of thiazole rings is 1. The Labute approximate surface area is 117 Å². The smallest absolute Gasteiger partial charge is 0.347 e. The molecule has 0 aromatic carbocycles. The van der Waals surface area contributed by atoms with Crippen LogP contribution in [0.4, 0.5) is 23.3 Å². The standard InChI is InChI=1S/C11H14F3N3O2S/c1-10(2)6-16(4-3-7(10)11(12,13)14)9-15-5-8(20-9)17(18)19/h5,7H,3-4,6H2,1-2H3/t7-/m1/s1. The van der Waals surface area contributed by atoms with Crippen molar-refractivity contribution in [2.45, 2.75) is 26.4 Å². The zero-order valence-electron chi connectivity index (χ0n) is 11.0. The molecule has 0 spiro atoms. The van der Waals surface area contributed by atoms with Crippen molar-refractivity contribution in [3.63, 3.8) is 0 Å². The Morgan fingerprint density at radius 3 is 2.65 bits per heavy atom. The molecule has 0 radical (unpaired) electrons. The van der Waals surface area contributed by atoms with Gasteiger partial charge in [0.05, 0.1) is 10.8 Å². The Bertz CT molecular complexity index is 515. The van der Waals surface area contributed by atoms with Gasteiger partial charge in [0, 0.05) is 13.1 Å². The molecule has 2 rings (SSSR count). The molecule has 1 saturated heterocycles. The van der Waals surface area contributed by atoms with Crippen LogP contribution in [0, 0.1) is 21.4 Å². The van der Waals surface area contributed by atoms with E-state index < -0.39 is 22.4 Å². The topological polar surface area (TPSA) is 59.3 Å². The van der Waals surface area contributed by atoms with Crippen LogP contribution in [-0.2, 0) is 0 Å². The van der Waals surface area contributed by atoms with Crippen LogP contribution in [0.15, 0.2) is 6.20 Å². The van der Waals surface area contributed by atoms with E-state index in [9.17, 15) is 23.3 Å². The lowest BCUT2D eigenvalue weighted by Gasteiger charge is -2.44. The largest absolute Gasteiger partial charge is 0.392 e. The number of rotatable bonds is 2. The quantitative estimate of drug-likeness (QED) is 0.620. The minimum atomic E-state index is -4.22. The second kappa shape index (κ2) is 4.87. The molecule has 112 valence electrons. The number of hydrogen-bond acceptors (Lipinski definition) is 5. The maximum atomic E-state index is 13.0. The van der Waals surface area contributed by atoms with Crippen LogP contribution in [0.25, 0.3) is 0 Å². The SMILES string of the molecule is CC1(C)CN(c2ncc([N+](=O)[O-])s2)CC[C@H]1C(F)(F)F. The van der Waals surface area contributed by atoms with Gasteiger partial charge in [0.15, 0.2) is 5.13 Å². The molecule has 1 atom stereocenters. The second-order valence-electron chi connectivity index (χ2n) is 5.53. The third kappa shape index (κ3) is 2.87. The maximum absolute atomic E-state index is 13.0. The molecule has 0 unspecified atom stereocenters. The van der Waals surface area contributed by atoms with Gasteiger partial charge in [-0.1, -0.05) is 13.8 Å². The number of hydrogen-bond donors (Lipinski definition) is 0. The Morgan fingerprint density at radius 2 is 2.20 bits per heavy atom. The van der Waals surface area contributed by atoms with Crippen LogP contribution in [0.5, 0.6) is 0 Å². The van der Waals surface area contributed by atoms with E-state index in [1.807, 2.05) is 0 Å². The summed E-state index contributed by atoms with van der Waals surface area (Å²) in [5.74, 6) is -1.36. The molecule has 1 aromatic heterocycles. The summed E-state index contributed by atoms with van der Waals surface area (Å²) in [5.41, 5.74) is -0.947. The Kier molecular flexibility index (Phi) is 3.66. The van der Waals surface area contributed by atoms with Gasteiger partial charge in [0.1, 0.15) is 6.20 Å². The lowest BCUT2D eigenvalue weighted by atomic mass is 9.73. The molecule has 1 aromatic rings. The fourth-order valence-corrected chi connectivity index (χ4v) is 3.37. The summed E-state index contributed by atoms with van der Waals surface area (Å²) in [6.07, 6.45) is -3.10. The monoisotopic (exact) mass is 309 g/mol. The first kappa shape index (κ1) is 15.0. The lowest BCUT2D eigenvalue weighted by molar-refractivity contribution is -0.380. The van der Waals surface area contributed by atoms with Gasteiger partial charge in [-0.15, -0.1) is 0 Å². The molecule has 2 heterocycles. The molecule has 0 amide bonds. The summed E-state index contributed by atoms with van der Waals surface area (Å²) >= 11 is 0.891. The molecular weight excluding hydrogens is 295 g/mol. The third-order valence-corrected chi connectivity index (χ3v) is 4.57. The Morgan fingerprint density at radius 1 is 1.55 bits per heavy atom. The minimum absolute atomic E-state index is 0.0239. The first-order valence-corrected chi connectivity index (χ1v) is 6.85. The summed E-state index contributed by atoms with van der Waals surface area (Å²) in [6, 6.07) is 0. The molecule has 0 aliphatic carbocycles. The summed E-state index contributed by atoms with van der Waals surface area (Å²) in [4.78, 5) is 15.7. The Hall–Kier alpha value is -1.38. The maximum Gasteiger partial charge on any atom is 0.392 e. The fraction of sp³-hybridized carbons (Fsp3) is 0.727. The number of alkyl halides is 3. The normalized spacial score (nSPS) is 22.9. The first-order valence-electron chi connectivity index (χ1n) is 6.03. The van der Waals surface area contributed by atoms with Crippen LogP contribution in [0.3, 0.4) is 0 Å². The summed E-state index contributed by atoms with van der Waals surface area (Å²) in [7, 11) is 0. The van der Waals surface area contributed by atoms with Gasteiger partial charge in [-0.25, -0.2) is 4.98 Å². The van der Waals surface area contributed by atoms with Gasteiger partial charge in [-0.05, 0) is 23.2 Å². The van der Waals surface area contributed by atoms with Crippen LogP contribution in [-0.4, -0.2) is 29.2 Å². The van der Waals surface area contributed by atoms with Gasteiger partial charge in [-0.2, -0.15) is 13.2 Å². The molecule has 0 N–H and O–H groups in total. The molecule has 1 aliphatic rings. The average molecular weight is 309 g/mol. The molecule has 20 heavy (non-hydrogen) atoms. The number of nitrogens with zero attached hydrogens (tertiary/aromatic N) is 3. The van der Waals surface area contributed by atoms with Gasteiger partial charge in [0.25, 0.3) is 0 Å². The number of nitro groups is 1. The van der Waals surface area contributed by atoms with Crippen LogP contribution in [0.1, 0.15) is 20.3 Å². The van der Waals surface area contributed by atoms with Gasteiger partial charge < -0.3 is 4.90 Å². The van der Waals surface area contributed by atoms with E-state index in [1.54, 1.807) is 18.7 Å². The van der Waals surface area contributed by atoms with Crippen molar-refractivity contribution in [3.05, 3.63) is 16.3 Å². The van der Waals surface area contributed by atoms with E-state index in [0.29, 0.717) is 5.13 Å². The lowest BCUT2D eigenvalue weighted by Crippen LogP contribution is -2.50. The second-order valence-corrected chi connectivity index (χ2v) is 6.52. The zero-order chi connectivity index (χ0) is 15.1. The van der Waals surface area contributed by atoms with Crippen molar-refractivity contribution >= 4 is 21.5 Å². The first-order chi connectivity index (χ1) is 9.11. The van der Waals surface area contributed by atoms with Gasteiger partial charge >= 0.3 is 11.2 Å².